The second-order valence-corrected chi connectivity index (χ2v) is 6.85. The van der Waals surface area contributed by atoms with E-state index in [9.17, 15) is 9.59 Å². The van der Waals surface area contributed by atoms with E-state index in [2.05, 4.69) is 15.6 Å². The third kappa shape index (κ3) is 3.69. The molecule has 2 aromatic heterocycles. The number of anilines is 1. The maximum Gasteiger partial charge on any atom is 0.268 e. The van der Waals surface area contributed by atoms with E-state index in [0.29, 0.717) is 18.8 Å². The molecule has 0 unspecified atom stereocenters. The lowest BCUT2D eigenvalue weighted by molar-refractivity contribution is -0.117. The summed E-state index contributed by atoms with van der Waals surface area (Å²) in [4.78, 5) is 28.7. The molecule has 27 heavy (non-hydrogen) atoms. The fourth-order valence-electron chi connectivity index (χ4n) is 3.24. The molecule has 1 aromatic carbocycles. The molecule has 2 heterocycles. The molecule has 0 radical (unpaired) electrons. The third-order valence-electron chi connectivity index (χ3n) is 4.87. The molecule has 4 rings (SSSR count). The first-order chi connectivity index (χ1) is 13.2. The zero-order valence-corrected chi connectivity index (χ0v) is 15.2. The fourth-order valence-corrected chi connectivity index (χ4v) is 3.24. The molecule has 138 valence electrons. The lowest BCUT2D eigenvalue weighted by atomic mass is 10.2. The van der Waals surface area contributed by atoms with Gasteiger partial charge in [-0.1, -0.05) is 0 Å². The molecule has 6 nitrogen and oxygen atoms in total. The molecule has 1 saturated carbocycles. The maximum absolute atomic E-state index is 12.7. The van der Waals surface area contributed by atoms with Crippen molar-refractivity contribution in [2.24, 2.45) is 5.92 Å². The third-order valence-corrected chi connectivity index (χ3v) is 4.87. The average Bonchev–Trinajstić information content (AvgIpc) is 3.48. The molecule has 1 aliphatic carbocycles. The molecule has 6 heteroatoms. The SMILES string of the molecule is CCn1c(C(=O)NCc2ccncc2)cc2cc(NC(=O)C3CC3)ccc21. The van der Waals surface area contributed by atoms with Crippen LogP contribution in [0.2, 0.25) is 0 Å². The number of rotatable bonds is 6. The zero-order chi connectivity index (χ0) is 18.8. The molecular weight excluding hydrogens is 340 g/mol. The van der Waals surface area contributed by atoms with Crippen molar-refractivity contribution in [2.75, 3.05) is 5.32 Å². The Morgan fingerprint density at radius 2 is 1.93 bits per heavy atom. The highest BCUT2D eigenvalue weighted by molar-refractivity contribution is 6.01. The Kier molecular flexibility index (Phi) is 4.62. The highest BCUT2D eigenvalue weighted by atomic mass is 16.2. The predicted octanol–water partition coefficient (Wildman–Crippen LogP) is 3.33. The summed E-state index contributed by atoms with van der Waals surface area (Å²) < 4.78 is 1.99. The van der Waals surface area contributed by atoms with E-state index in [0.717, 1.165) is 35.0 Å². The van der Waals surface area contributed by atoms with Crippen molar-refractivity contribution in [3.63, 3.8) is 0 Å². The van der Waals surface area contributed by atoms with Crippen molar-refractivity contribution in [2.45, 2.75) is 32.9 Å². The maximum atomic E-state index is 12.7. The number of nitrogens with zero attached hydrogens (tertiary/aromatic N) is 2. The number of amides is 2. The van der Waals surface area contributed by atoms with E-state index in [1.807, 2.05) is 47.9 Å². The van der Waals surface area contributed by atoms with Crippen molar-refractivity contribution < 1.29 is 9.59 Å². The van der Waals surface area contributed by atoms with Gasteiger partial charge in [-0.3, -0.25) is 14.6 Å². The molecule has 0 saturated heterocycles. The van der Waals surface area contributed by atoms with Gasteiger partial charge in [-0.25, -0.2) is 0 Å². The van der Waals surface area contributed by atoms with Gasteiger partial charge in [-0.2, -0.15) is 0 Å². The number of fused-ring (bicyclic) bond motifs is 1. The first kappa shape index (κ1) is 17.3. The molecule has 1 fully saturated rings. The number of benzene rings is 1. The van der Waals surface area contributed by atoms with Crippen LogP contribution in [0.5, 0.6) is 0 Å². The van der Waals surface area contributed by atoms with E-state index in [4.69, 9.17) is 0 Å². The minimum Gasteiger partial charge on any atom is -0.347 e. The van der Waals surface area contributed by atoms with Gasteiger partial charge in [0.1, 0.15) is 5.69 Å². The average molecular weight is 362 g/mol. The summed E-state index contributed by atoms with van der Waals surface area (Å²) in [5, 5.41) is 6.87. The summed E-state index contributed by atoms with van der Waals surface area (Å²) in [6, 6.07) is 11.4. The number of nitrogens with one attached hydrogen (secondary N) is 2. The van der Waals surface area contributed by atoms with Crippen LogP contribution in [0, 0.1) is 5.92 Å². The van der Waals surface area contributed by atoms with Gasteiger partial charge in [0.25, 0.3) is 5.91 Å². The summed E-state index contributed by atoms with van der Waals surface area (Å²) in [6.45, 7) is 3.16. The summed E-state index contributed by atoms with van der Waals surface area (Å²) >= 11 is 0. The molecule has 0 aliphatic heterocycles. The quantitative estimate of drug-likeness (QED) is 0.706. The lowest BCUT2D eigenvalue weighted by Gasteiger charge is -2.09. The fraction of sp³-hybridized carbons (Fsp3) is 0.286. The van der Waals surface area contributed by atoms with E-state index in [1.165, 1.54) is 0 Å². The number of carbonyl (C=O) groups is 2. The Morgan fingerprint density at radius 1 is 1.15 bits per heavy atom. The van der Waals surface area contributed by atoms with Gasteiger partial charge >= 0.3 is 0 Å². The smallest absolute Gasteiger partial charge is 0.268 e. The largest absolute Gasteiger partial charge is 0.347 e. The zero-order valence-electron chi connectivity index (χ0n) is 15.2. The lowest BCUT2D eigenvalue weighted by Crippen LogP contribution is -2.25. The Balaban J connectivity index is 1.55. The minimum absolute atomic E-state index is 0.0830. The van der Waals surface area contributed by atoms with Crippen LogP contribution in [0.4, 0.5) is 5.69 Å². The van der Waals surface area contributed by atoms with E-state index < -0.39 is 0 Å². The van der Waals surface area contributed by atoms with Crippen molar-refractivity contribution in [1.82, 2.24) is 14.9 Å². The number of carbonyl (C=O) groups excluding carboxylic acids is 2. The topological polar surface area (TPSA) is 76.0 Å². The van der Waals surface area contributed by atoms with Gasteiger partial charge in [0.2, 0.25) is 5.91 Å². The number of aryl methyl sites for hydroxylation is 1. The second kappa shape index (κ2) is 7.23. The van der Waals surface area contributed by atoms with Gasteiger partial charge < -0.3 is 15.2 Å². The van der Waals surface area contributed by atoms with Gasteiger partial charge in [0.15, 0.2) is 0 Å². The Labute approximate surface area is 157 Å². The molecule has 0 spiro atoms. The highest BCUT2D eigenvalue weighted by Gasteiger charge is 2.29. The first-order valence-electron chi connectivity index (χ1n) is 9.27. The van der Waals surface area contributed by atoms with Crippen LogP contribution in [0.15, 0.2) is 48.8 Å². The molecule has 1 aliphatic rings. The number of pyridine rings is 1. The van der Waals surface area contributed by atoms with Crippen LogP contribution >= 0.6 is 0 Å². The van der Waals surface area contributed by atoms with Gasteiger partial charge in [0, 0.05) is 48.0 Å². The molecule has 2 N–H and O–H groups in total. The summed E-state index contributed by atoms with van der Waals surface area (Å²) in [5.41, 5.74) is 3.38. The number of aromatic nitrogens is 2. The molecular formula is C21H22N4O2. The van der Waals surface area contributed by atoms with Crippen molar-refractivity contribution in [3.8, 4) is 0 Å². The monoisotopic (exact) mass is 362 g/mol. The van der Waals surface area contributed by atoms with E-state index >= 15 is 0 Å². The Hall–Kier alpha value is -3.15. The predicted molar refractivity (Wildman–Crippen MR) is 104 cm³/mol. The summed E-state index contributed by atoms with van der Waals surface area (Å²) in [5.74, 6) is 0.128. The van der Waals surface area contributed by atoms with Gasteiger partial charge in [0.05, 0.1) is 0 Å². The van der Waals surface area contributed by atoms with Crippen LogP contribution in [-0.4, -0.2) is 21.4 Å². The van der Waals surface area contributed by atoms with Crippen LogP contribution < -0.4 is 10.6 Å². The Morgan fingerprint density at radius 3 is 2.63 bits per heavy atom. The standard InChI is InChI=1S/C21H22N4O2/c1-2-25-18-6-5-17(24-20(26)15-3-4-15)11-16(18)12-19(25)21(27)23-13-14-7-9-22-10-8-14/h5-12,15H,2-4,13H2,1H3,(H,23,27)(H,24,26). The summed E-state index contributed by atoms with van der Waals surface area (Å²) in [6.07, 6.45) is 5.37. The normalized spacial score (nSPS) is 13.5. The second-order valence-electron chi connectivity index (χ2n) is 6.85. The van der Waals surface area contributed by atoms with E-state index in [-0.39, 0.29) is 17.7 Å². The highest BCUT2D eigenvalue weighted by Crippen LogP contribution is 2.31. The number of hydrogen-bond acceptors (Lipinski definition) is 3. The van der Waals surface area contributed by atoms with Gasteiger partial charge in [-0.05, 0) is 61.7 Å². The molecule has 2 amide bonds. The molecule has 0 bridgehead atoms. The number of hydrogen-bond donors (Lipinski definition) is 2. The Bertz CT molecular complexity index is 990. The summed E-state index contributed by atoms with van der Waals surface area (Å²) in [7, 11) is 0. The van der Waals surface area contributed by atoms with Crippen LogP contribution in [0.25, 0.3) is 10.9 Å². The van der Waals surface area contributed by atoms with E-state index in [1.54, 1.807) is 12.4 Å². The first-order valence-corrected chi connectivity index (χ1v) is 9.27. The van der Waals surface area contributed by atoms with Crippen molar-refractivity contribution in [3.05, 3.63) is 60.0 Å². The van der Waals surface area contributed by atoms with Crippen LogP contribution in [0.1, 0.15) is 35.8 Å². The molecule has 0 atom stereocenters. The van der Waals surface area contributed by atoms with Crippen LogP contribution in [0.3, 0.4) is 0 Å². The van der Waals surface area contributed by atoms with Gasteiger partial charge in [-0.15, -0.1) is 0 Å². The molecule has 3 aromatic rings. The van der Waals surface area contributed by atoms with Crippen molar-refractivity contribution in [1.29, 1.82) is 0 Å². The minimum atomic E-state index is -0.117. The van der Waals surface area contributed by atoms with Crippen molar-refractivity contribution >= 4 is 28.4 Å². The van der Waals surface area contributed by atoms with Crippen LogP contribution in [-0.2, 0) is 17.9 Å².